The van der Waals surface area contributed by atoms with Crippen molar-refractivity contribution in [3.8, 4) is 5.75 Å². The van der Waals surface area contributed by atoms with E-state index in [1.165, 1.54) is 23.1 Å². The molecule has 1 N–H and O–H groups in total. The lowest BCUT2D eigenvalue weighted by atomic mass is 10.2. The van der Waals surface area contributed by atoms with Crippen LogP contribution >= 0.6 is 15.9 Å². The van der Waals surface area contributed by atoms with Gasteiger partial charge in [0.15, 0.2) is 12.4 Å². The zero-order valence-corrected chi connectivity index (χ0v) is 18.2. The van der Waals surface area contributed by atoms with Gasteiger partial charge in [-0.1, -0.05) is 33.2 Å². The first-order valence-electron chi connectivity index (χ1n) is 8.92. The summed E-state index contributed by atoms with van der Waals surface area (Å²) in [6.07, 6.45) is 0. The normalized spacial score (nSPS) is 13.8. The first kappa shape index (κ1) is 20.5. The summed E-state index contributed by atoms with van der Waals surface area (Å²) in [6.45, 7) is 1.66. The summed E-state index contributed by atoms with van der Waals surface area (Å²) < 4.78 is 39.5. The Hall–Kier alpha value is -2.76. The molecule has 1 aliphatic heterocycles. The molecule has 0 aliphatic carbocycles. The van der Waals surface area contributed by atoms with E-state index in [1.807, 2.05) is 24.3 Å². The molecule has 0 saturated heterocycles. The number of benzene rings is 2. The zero-order valence-electron chi connectivity index (χ0n) is 15.8. The molecule has 0 bridgehead atoms. The van der Waals surface area contributed by atoms with Crippen molar-refractivity contribution < 1.29 is 22.5 Å². The first-order chi connectivity index (χ1) is 14.3. The maximum atomic E-state index is 12.8. The number of fused-ring (bicyclic) bond motifs is 1. The van der Waals surface area contributed by atoms with Gasteiger partial charge in [-0.15, -0.1) is 0 Å². The Morgan fingerprint density at radius 3 is 2.80 bits per heavy atom. The predicted molar refractivity (Wildman–Crippen MR) is 110 cm³/mol. The Morgan fingerprint density at radius 2 is 2.07 bits per heavy atom. The summed E-state index contributed by atoms with van der Waals surface area (Å²) in [5, 5.41) is 3.80. The number of hydrogen-bond donors (Lipinski definition) is 1. The Labute approximate surface area is 181 Å². The average molecular weight is 493 g/mol. The second kappa shape index (κ2) is 8.17. The van der Waals surface area contributed by atoms with Crippen LogP contribution in [0.3, 0.4) is 0 Å². The molecule has 0 spiro atoms. The molecule has 0 fully saturated rings. The quantitative estimate of drug-likeness (QED) is 0.561. The molecule has 0 saturated carbocycles. The van der Waals surface area contributed by atoms with Crippen LogP contribution in [0.4, 0.5) is 5.69 Å². The number of nitrogens with one attached hydrogen (secondary N) is 1. The lowest BCUT2D eigenvalue weighted by Gasteiger charge is -2.28. The van der Waals surface area contributed by atoms with Crippen molar-refractivity contribution in [1.29, 1.82) is 0 Å². The SMILES string of the molecule is Cc1nc(CN2C(=O)COc3ccc(S(=O)(=O)NCc4cccc(Br)c4)cc32)no1. The molecule has 4 rings (SSSR count). The summed E-state index contributed by atoms with van der Waals surface area (Å²) in [7, 11) is -3.82. The van der Waals surface area contributed by atoms with Gasteiger partial charge < -0.3 is 9.26 Å². The second-order valence-corrected chi connectivity index (χ2v) is 9.26. The Morgan fingerprint density at radius 1 is 1.23 bits per heavy atom. The van der Waals surface area contributed by atoms with Crippen LogP contribution in [0.2, 0.25) is 0 Å². The van der Waals surface area contributed by atoms with Gasteiger partial charge in [-0.05, 0) is 35.9 Å². The molecule has 1 aliphatic rings. The molecule has 0 radical (unpaired) electrons. The van der Waals surface area contributed by atoms with Gasteiger partial charge in [0.1, 0.15) is 5.75 Å². The van der Waals surface area contributed by atoms with Gasteiger partial charge in [-0.2, -0.15) is 4.98 Å². The van der Waals surface area contributed by atoms with Crippen LogP contribution in [-0.2, 0) is 27.9 Å². The molecule has 156 valence electrons. The van der Waals surface area contributed by atoms with Crippen LogP contribution in [0, 0.1) is 6.92 Å². The van der Waals surface area contributed by atoms with Crippen molar-refractivity contribution in [3.05, 3.63) is 64.2 Å². The highest BCUT2D eigenvalue weighted by molar-refractivity contribution is 9.10. The fourth-order valence-corrected chi connectivity index (χ4v) is 4.46. The lowest BCUT2D eigenvalue weighted by molar-refractivity contribution is -0.121. The van der Waals surface area contributed by atoms with Gasteiger partial charge in [0.2, 0.25) is 15.9 Å². The minimum absolute atomic E-state index is 0.0174. The highest BCUT2D eigenvalue weighted by Gasteiger charge is 2.29. The van der Waals surface area contributed by atoms with Crippen molar-refractivity contribution in [2.45, 2.75) is 24.9 Å². The van der Waals surface area contributed by atoms with E-state index in [9.17, 15) is 13.2 Å². The number of anilines is 1. The van der Waals surface area contributed by atoms with E-state index in [4.69, 9.17) is 9.26 Å². The van der Waals surface area contributed by atoms with Gasteiger partial charge >= 0.3 is 0 Å². The van der Waals surface area contributed by atoms with Crippen molar-refractivity contribution in [2.75, 3.05) is 11.5 Å². The number of aryl methyl sites for hydroxylation is 1. The number of carbonyl (C=O) groups is 1. The third-order valence-electron chi connectivity index (χ3n) is 4.41. The van der Waals surface area contributed by atoms with Crippen LogP contribution in [0.15, 0.2) is 56.4 Å². The van der Waals surface area contributed by atoms with E-state index in [2.05, 4.69) is 30.8 Å². The molecular formula is C19H17BrN4O5S. The number of ether oxygens (including phenoxy) is 1. The topological polar surface area (TPSA) is 115 Å². The minimum Gasteiger partial charge on any atom is -0.482 e. The Kier molecular flexibility index (Phi) is 5.58. The Bertz CT molecular complexity index is 1210. The largest absolute Gasteiger partial charge is 0.482 e. The number of sulfonamides is 1. The van der Waals surface area contributed by atoms with Crippen molar-refractivity contribution in [1.82, 2.24) is 14.9 Å². The smallest absolute Gasteiger partial charge is 0.265 e. The summed E-state index contributed by atoms with van der Waals surface area (Å²) in [6, 6.07) is 11.7. The summed E-state index contributed by atoms with van der Waals surface area (Å²) in [5.41, 5.74) is 1.14. The number of rotatable bonds is 6. The van der Waals surface area contributed by atoms with Crippen LogP contribution in [-0.4, -0.2) is 31.1 Å². The number of carbonyl (C=O) groups excluding carboxylic acids is 1. The van der Waals surface area contributed by atoms with E-state index in [0.717, 1.165) is 10.0 Å². The van der Waals surface area contributed by atoms with Crippen LogP contribution in [0.1, 0.15) is 17.3 Å². The number of amides is 1. The molecule has 30 heavy (non-hydrogen) atoms. The van der Waals surface area contributed by atoms with Crippen molar-refractivity contribution >= 4 is 37.5 Å². The molecule has 9 nitrogen and oxygen atoms in total. The van der Waals surface area contributed by atoms with Gasteiger partial charge in [-0.25, -0.2) is 13.1 Å². The Balaban J connectivity index is 1.60. The molecular weight excluding hydrogens is 476 g/mol. The van der Waals surface area contributed by atoms with Gasteiger partial charge in [0, 0.05) is 17.9 Å². The van der Waals surface area contributed by atoms with E-state index in [1.54, 1.807) is 6.92 Å². The first-order valence-corrected chi connectivity index (χ1v) is 11.2. The maximum Gasteiger partial charge on any atom is 0.265 e. The highest BCUT2D eigenvalue weighted by atomic mass is 79.9. The monoisotopic (exact) mass is 492 g/mol. The molecule has 1 amide bonds. The number of halogens is 1. The molecule has 0 atom stereocenters. The van der Waals surface area contributed by atoms with Crippen molar-refractivity contribution in [2.24, 2.45) is 0 Å². The van der Waals surface area contributed by atoms with Gasteiger partial charge in [-0.3, -0.25) is 9.69 Å². The molecule has 2 heterocycles. The number of hydrogen-bond acceptors (Lipinski definition) is 7. The van der Waals surface area contributed by atoms with E-state index >= 15 is 0 Å². The van der Waals surface area contributed by atoms with Crippen LogP contribution in [0.25, 0.3) is 0 Å². The highest BCUT2D eigenvalue weighted by Crippen LogP contribution is 2.35. The lowest BCUT2D eigenvalue weighted by Crippen LogP contribution is -2.38. The fraction of sp³-hybridized carbons (Fsp3) is 0.211. The van der Waals surface area contributed by atoms with E-state index < -0.39 is 10.0 Å². The third-order valence-corrected chi connectivity index (χ3v) is 6.30. The second-order valence-electron chi connectivity index (χ2n) is 6.58. The standard InChI is InChI=1S/C19H17BrN4O5S/c1-12-22-18(23-29-12)10-24-16-8-15(5-6-17(16)28-11-19(24)25)30(26,27)21-9-13-3-2-4-14(20)7-13/h2-8,21H,9-11H2,1H3. The maximum absolute atomic E-state index is 12.8. The zero-order chi connectivity index (χ0) is 21.3. The van der Waals surface area contributed by atoms with Crippen molar-refractivity contribution in [3.63, 3.8) is 0 Å². The number of aromatic nitrogens is 2. The van der Waals surface area contributed by atoms with Gasteiger partial charge in [0.25, 0.3) is 5.91 Å². The van der Waals surface area contributed by atoms with E-state index in [0.29, 0.717) is 23.2 Å². The summed E-state index contributed by atoms with van der Waals surface area (Å²) >= 11 is 3.36. The molecule has 2 aromatic carbocycles. The molecule has 11 heteroatoms. The third kappa shape index (κ3) is 4.37. The summed E-state index contributed by atoms with van der Waals surface area (Å²) in [4.78, 5) is 17.9. The number of nitrogens with zero attached hydrogens (tertiary/aromatic N) is 3. The minimum atomic E-state index is -3.82. The molecule has 0 unspecified atom stereocenters. The molecule has 1 aromatic heterocycles. The average Bonchev–Trinajstić information content (AvgIpc) is 3.13. The summed E-state index contributed by atoms with van der Waals surface area (Å²) in [5.74, 6) is 0.760. The van der Waals surface area contributed by atoms with E-state index in [-0.39, 0.29) is 30.5 Å². The van der Waals surface area contributed by atoms with Crippen LogP contribution < -0.4 is 14.4 Å². The predicted octanol–water partition coefficient (Wildman–Crippen LogP) is 2.54. The van der Waals surface area contributed by atoms with Crippen LogP contribution in [0.5, 0.6) is 5.75 Å². The molecule has 3 aromatic rings. The fourth-order valence-electron chi connectivity index (χ4n) is 2.98. The van der Waals surface area contributed by atoms with Gasteiger partial charge in [0.05, 0.1) is 17.1 Å².